The topological polar surface area (TPSA) is 87.2 Å². The number of carbonyl (C=O) groups is 2. The van der Waals surface area contributed by atoms with Crippen LogP contribution in [-0.2, 0) is 0 Å². The second-order valence-corrected chi connectivity index (χ2v) is 11.7. The molecule has 1 fully saturated rings. The SMILES string of the molecule is COc1ccc([C@@H](CCCNc2ccccn2)N2C(=O)c3cccc(N4CCN([C@H](C)c5ccccc5)CC4)c3C2=O)cc1OC. The van der Waals surface area contributed by atoms with Gasteiger partial charge in [0.2, 0.25) is 0 Å². The molecule has 2 aliphatic heterocycles. The molecule has 2 atom stereocenters. The number of pyridine rings is 1. The van der Waals surface area contributed by atoms with E-state index in [1.54, 1.807) is 26.5 Å². The van der Waals surface area contributed by atoms with Crippen molar-refractivity contribution in [1.29, 1.82) is 0 Å². The smallest absolute Gasteiger partial charge is 0.264 e. The van der Waals surface area contributed by atoms with Gasteiger partial charge in [0.15, 0.2) is 11.5 Å². The molecule has 0 spiro atoms. The molecule has 2 aliphatic rings. The number of imide groups is 1. The second-order valence-electron chi connectivity index (χ2n) is 11.7. The monoisotopic (exact) mass is 619 g/mol. The van der Waals surface area contributed by atoms with E-state index < -0.39 is 6.04 Å². The Kier molecular flexibility index (Phi) is 9.49. The summed E-state index contributed by atoms with van der Waals surface area (Å²) in [6.07, 6.45) is 3.01. The molecule has 1 saturated heterocycles. The lowest BCUT2D eigenvalue weighted by molar-refractivity contribution is 0.0572. The summed E-state index contributed by atoms with van der Waals surface area (Å²) in [6, 6.07) is 27.3. The molecule has 0 radical (unpaired) electrons. The average molecular weight is 620 g/mol. The number of anilines is 2. The van der Waals surface area contributed by atoms with E-state index in [-0.39, 0.29) is 11.8 Å². The molecular formula is C37H41N5O4. The first-order valence-electron chi connectivity index (χ1n) is 15.9. The van der Waals surface area contributed by atoms with Crippen LogP contribution < -0.4 is 19.7 Å². The van der Waals surface area contributed by atoms with Gasteiger partial charge in [0.1, 0.15) is 5.82 Å². The molecule has 238 valence electrons. The normalized spacial score (nSPS) is 16.2. The van der Waals surface area contributed by atoms with E-state index in [0.29, 0.717) is 48.1 Å². The van der Waals surface area contributed by atoms with Gasteiger partial charge in [-0.3, -0.25) is 19.4 Å². The van der Waals surface area contributed by atoms with E-state index in [1.165, 1.54) is 10.5 Å². The van der Waals surface area contributed by atoms with Gasteiger partial charge in [0.25, 0.3) is 11.8 Å². The molecule has 0 aliphatic carbocycles. The van der Waals surface area contributed by atoms with Gasteiger partial charge in [-0.1, -0.05) is 48.5 Å². The van der Waals surface area contributed by atoms with Crippen LogP contribution in [0.25, 0.3) is 0 Å². The number of methoxy groups -OCH3 is 2. The summed E-state index contributed by atoms with van der Waals surface area (Å²) in [7, 11) is 3.17. The zero-order valence-corrected chi connectivity index (χ0v) is 26.7. The minimum atomic E-state index is -0.492. The Hall–Kier alpha value is -4.89. The third-order valence-electron chi connectivity index (χ3n) is 9.14. The third kappa shape index (κ3) is 6.28. The predicted molar refractivity (Wildman–Crippen MR) is 180 cm³/mol. The number of amides is 2. The van der Waals surface area contributed by atoms with Crippen molar-refractivity contribution < 1.29 is 19.1 Å². The van der Waals surface area contributed by atoms with Crippen LogP contribution in [0.1, 0.15) is 63.7 Å². The Morgan fingerprint density at radius 2 is 1.57 bits per heavy atom. The standard InChI is InChI=1S/C37H41N5O4/c1-26(27-11-5-4-6-12-27)40-21-23-41(24-22-40)31-14-9-13-29-35(31)37(44)42(36(29)43)30(15-10-20-39-34-16-7-8-19-38-34)28-17-18-32(45-2)33(25-28)46-3/h4-9,11-14,16-19,25-26,30H,10,15,20-24H2,1-3H3,(H,38,39)/t26-,30-/m1/s1. The minimum absolute atomic E-state index is 0.256. The Bertz CT molecular complexity index is 1660. The van der Waals surface area contributed by atoms with E-state index in [2.05, 4.69) is 51.3 Å². The molecule has 46 heavy (non-hydrogen) atoms. The van der Waals surface area contributed by atoms with E-state index in [4.69, 9.17) is 9.47 Å². The van der Waals surface area contributed by atoms with Gasteiger partial charge in [0, 0.05) is 45.0 Å². The van der Waals surface area contributed by atoms with Gasteiger partial charge in [-0.15, -0.1) is 0 Å². The summed E-state index contributed by atoms with van der Waals surface area (Å²) in [6.45, 7) is 6.15. The van der Waals surface area contributed by atoms with Gasteiger partial charge < -0.3 is 19.7 Å². The molecule has 3 aromatic carbocycles. The van der Waals surface area contributed by atoms with Crippen molar-refractivity contribution in [2.45, 2.75) is 31.8 Å². The summed E-state index contributed by atoms with van der Waals surface area (Å²) in [4.78, 5) is 39.0. The first-order chi connectivity index (χ1) is 22.5. The highest BCUT2D eigenvalue weighted by Crippen LogP contribution is 2.40. The van der Waals surface area contributed by atoms with Crippen LogP contribution in [0, 0.1) is 0 Å². The number of nitrogens with zero attached hydrogens (tertiary/aromatic N) is 4. The number of rotatable bonds is 12. The fourth-order valence-corrected chi connectivity index (χ4v) is 6.61. The maximum Gasteiger partial charge on any atom is 0.264 e. The van der Waals surface area contributed by atoms with Crippen molar-refractivity contribution in [2.24, 2.45) is 0 Å². The number of nitrogens with one attached hydrogen (secondary N) is 1. The first-order valence-corrected chi connectivity index (χ1v) is 15.9. The maximum absolute atomic E-state index is 14.4. The molecule has 0 saturated carbocycles. The summed E-state index contributed by atoms with van der Waals surface area (Å²) in [5, 5.41) is 3.34. The highest BCUT2D eigenvalue weighted by Gasteiger charge is 2.43. The molecular weight excluding hydrogens is 578 g/mol. The fraction of sp³-hybridized carbons (Fsp3) is 0.324. The van der Waals surface area contributed by atoms with Gasteiger partial charge in [-0.05, 0) is 67.3 Å². The zero-order valence-electron chi connectivity index (χ0n) is 26.7. The molecule has 1 aromatic heterocycles. The molecule has 6 rings (SSSR count). The summed E-state index contributed by atoms with van der Waals surface area (Å²) in [5.74, 6) is 1.40. The molecule has 9 nitrogen and oxygen atoms in total. The Morgan fingerprint density at radius 3 is 2.28 bits per heavy atom. The summed E-state index contributed by atoms with van der Waals surface area (Å²) in [5.41, 5.74) is 3.89. The molecule has 2 amide bonds. The molecule has 1 N–H and O–H groups in total. The molecule has 0 bridgehead atoms. The van der Waals surface area contributed by atoms with Crippen molar-refractivity contribution in [3.8, 4) is 11.5 Å². The van der Waals surface area contributed by atoms with E-state index >= 15 is 0 Å². The number of hydrogen-bond donors (Lipinski definition) is 1. The molecule has 0 unspecified atom stereocenters. The number of ether oxygens (including phenoxy) is 2. The average Bonchev–Trinajstić information content (AvgIpc) is 3.37. The number of hydrogen-bond acceptors (Lipinski definition) is 8. The van der Waals surface area contributed by atoms with E-state index in [1.807, 2.05) is 54.6 Å². The molecule has 4 aromatic rings. The highest BCUT2D eigenvalue weighted by atomic mass is 16.5. The number of aromatic nitrogens is 1. The van der Waals surface area contributed by atoms with Crippen LogP contribution in [0.4, 0.5) is 11.5 Å². The highest BCUT2D eigenvalue weighted by molar-refractivity contribution is 6.24. The van der Waals surface area contributed by atoms with Crippen LogP contribution in [-0.4, -0.2) is 73.5 Å². The minimum Gasteiger partial charge on any atom is -0.493 e. The van der Waals surface area contributed by atoms with E-state index in [0.717, 1.165) is 43.2 Å². The maximum atomic E-state index is 14.4. The second kappa shape index (κ2) is 14.0. The van der Waals surface area contributed by atoms with E-state index in [9.17, 15) is 9.59 Å². The Labute approximate surface area is 270 Å². The van der Waals surface area contributed by atoms with Gasteiger partial charge in [-0.2, -0.15) is 0 Å². The van der Waals surface area contributed by atoms with Crippen molar-refractivity contribution in [3.05, 3.63) is 113 Å². The predicted octanol–water partition coefficient (Wildman–Crippen LogP) is 6.21. The van der Waals surface area contributed by atoms with Crippen LogP contribution in [0.5, 0.6) is 11.5 Å². The van der Waals surface area contributed by atoms with Crippen molar-refractivity contribution in [2.75, 3.05) is 57.2 Å². The third-order valence-corrected chi connectivity index (χ3v) is 9.14. The number of benzene rings is 3. The zero-order chi connectivity index (χ0) is 32.0. The van der Waals surface area contributed by atoms with Gasteiger partial charge in [0.05, 0.1) is 37.1 Å². The summed E-state index contributed by atoms with van der Waals surface area (Å²) < 4.78 is 11.1. The van der Waals surface area contributed by atoms with Crippen molar-refractivity contribution in [3.63, 3.8) is 0 Å². The Morgan fingerprint density at radius 1 is 0.804 bits per heavy atom. The van der Waals surface area contributed by atoms with Crippen LogP contribution in [0.15, 0.2) is 91.1 Å². The lowest BCUT2D eigenvalue weighted by Crippen LogP contribution is -2.47. The number of carbonyl (C=O) groups excluding carboxylic acids is 2. The van der Waals surface area contributed by atoms with Crippen molar-refractivity contribution in [1.82, 2.24) is 14.8 Å². The number of fused-ring (bicyclic) bond motifs is 1. The van der Waals surface area contributed by atoms with Crippen LogP contribution in [0.3, 0.4) is 0 Å². The quantitative estimate of drug-likeness (QED) is 0.148. The molecule has 3 heterocycles. The number of piperazine rings is 1. The summed E-state index contributed by atoms with van der Waals surface area (Å²) >= 11 is 0. The Balaban J connectivity index is 1.24. The largest absolute Gasteiger partial charge is 0.493 e. The van der Waals surface area contributed by atoms with Crippen LogP contribution in [0.2, 0.25) is 0 Å². The molecule has 9 heteroatoms. The van der Waals surface area contributed by atoms with Gasteiger partial charge in [-0.25, -0.2) is 4.98 Å². The van der Waals surface area contributed by atoms with Gasteiger partial charge >= 0.3 is 0 Å². The van der Waals surface area contributed by atoms with Crippen LogP contribution >= 0.6 is 0 Å². The lowest BCUT2D eigenvalue weighted by atomic mass is 9.99. The lowest BCUT2D eigenvalue weighted by Gasteiger charge is -2.39. The fourth-order valence-electron chi connectivity index (χ4n) is 6.61. The van der Waals surface area contributed by atoms with Crippen molar-refractivity contribution >= 4 is 23.3 Å². The first kappa shape index (κ1) is 31.1.